The lowest BCUT2D eigenvalue weighted by Crippen LogP contribution is -2.09. The maximum absolute atomic E-state index is 5.94. The van der Waals surface area contributed by atoms with Crippen molar-refractivity contribution in [2.75, 3.05) is 13.2 Å². The monoisotopic (exact) mass is 238 g/mol. The predicted octanol–water partition coefficient (Wildman–Crippen LogP) is 3.32. The second-order valence-corrected chi connectivity index (χ2v) is 4.86. The number of hydrogen-bond donors (Lipinski definition) is 0. The summed E-state index contributed by atoms with van der Waals surface area (Å²) in [6.07, 6.45) is 4.68. The van der Waals surface area contributed by atoms with Crippen molar-refractivity contribution < 1.29 is 9.47 Å². The van der Waals surface area contributed by atoms with Gasteiger partial charge in [0.2, 0.25) is 0 Å². The first-order valence-electron chi connectivity index (χ1n) is 6.35. The van der Waals surface area contributed by atoms with Crippen LogP contribution in [0.15, 0.2) is 42.5 Å². The number of epoxide rings is 1. The molecule has 4 rings (SSSR count). The van der Waals surface area contributed by atoms with E-state index in [0.717, 1.165) is 6.61 Å². The number of hydrogen-bond acceptors (Lipinski definition) is 2. The maximum atomic E-state index is 5.94. The standard InChI is InChI=1S/C16H14O2/c1-3-11-5-2-6-14-15(18-10-13-9-17-13)8-7-12(4-1)16(11)14/h1-8,13,15H,9-10H2. The Morgan fingerprint density at radius 3 is 2.83 bits per heavy atom. The van der Waals surface area contributed by atoms with Gasteiger partial charge in [0.1, 0.15) is 12.2 Å². The Labute approximate surface area is 106 Å². The molecule has 2 aromatic rings. The lowest BCUT2D eigenvalue weighted by Gasteiger charge is -2.21. The van der Waals surface area contributed by atoms with Crippen molar-refractivity contribution in [3.8, 4) is 0 Å². The third-order valence-electron chi connectivity index (χ3n) is 3.59. The van der Waals surface area contributed by atoms with Crippen molar-refractivity contribution in [2.24, 2.45) is 0 Å². The fourth-order valence-electron chi connectivity index (χ4n) is 2.59. The van der Waals surface area contributed by atoms with Crippen LogP contribution in [0.25, 0.3) is 16.8 Å². The summed E-state index contributed by atoms with van der Waals surface area (Å²) in [6.45, 7) is 1.53. The summed E-state index contributed by atoms with van der Waals surface area (Å²) in [4.78, 5) is 0. The smallest absolute Gasteiger partial charge is 0.104 e. The van der Waals surface area contributed by atoms with Crippen LogP contribution in [0.2, 0.25) is 0 Å². The highest BCUT2D eigenvalue weighted by Crippen LogP contribution is 2.35. The molecular formula is C16H14O2. The van der Waals surface area contributed by atoms with E-state index in [1.54, 1.807) is 0 Å². The van der Waals surface area contributed by atoms with Crippen LogP contribution in [0.5, 0.6) is 0 Å². The van der Waals surface area contributed by atoms with Crippen molar-refractivity contribution in [1.29, 1.82) is 0 Å². The third kappa shape index (κ3) is 1.65. The van der Waals surface area contributed by atoms with E-state index in [9.17, 15) is 0 Å². The minimum atomic E-state index is 0.0628. The zero-order valence-corrected chi connectivity index (χ0v) is 10.0. The molecule has 0 aromatic heterocycles. The normalized spacial score (nSPS) is 24.4. The second-order valence-electron chi connectivity index (χ2n) is 4.86. The highest BCUT2D eigenvalue weighted by molar-refractivity contribution is 5.95. The average Bonchev–Trinajstić information content (AvgIpc) is 3.23. The summed E-state index contributed by atoms with van der Waals surface area (Å²) in [5.41, 5.74) is 2.55. The van der Waals surface area contributed by atoms with Gasteiger partial charge in [-0.3, -0.25) is 0 Å². The summed E-state index contributed by atoms with van der Waals surface area (Å²) in [5, 5.41) is 2.61. The topological polar surface area (TPSA) is 21.8 Å². The van der Waals surface area contributed by atoms with Crippen LogP contribution in [0, 0.1) is 0 Å². The molecule has 2 atom stereocenters. The molecule has 0 bridgehead atoms. The van der Waals surface area contributed by atoms with Gasteiger partial charge in [0.25, 0.3) is 0 Å². The summed E-state index contributed by atoms with van der Waals surface area (Å²) in [7, 11) is 0. The van der Waals surface area contributed by atoms with E-state index >= 15 is 0 Å². The zero-order valence-electron chi connectivity index (χ0n) is 10.0. The Morgan fingerprint density at radius 2 is 2.00 bits per heavy atom. The van der Waals surface area contributed by atoms with Gasteiger partial charge in [0.05, 0.1) is 13.2 Å². The fourth-order valence-corrected chi connectivity index (χ4v) is 2.59. The minimum absolute atomic E-state index is 0.0628. The molecule has 2 unspecified atom stereocenters. The molecule has 1 fully saturated rings. The molecule has 90 valence electrons. The Balaban J connectivity index is 1.77. The zero-order chi connectivity index (χ0) is 11.9. The van der Waals surface area contributed by atoms with Crippen LogP contribution in [-0.4, -0.2) is 19.3 Å². The van der Waals surface area contributed by atoms with E-state index in [1.807, 2.05) is 0 Å². The fraction of sp³-hybridized carbons (Fsp3) is 0.250. The van der Waals surface area contributed by atoms with E-state index in [2.05, 4.69) is 48.6 Å². The average molecular weight is 238 g/mol. The number of ether oxygens (including phenoxy) is 2. The lowest BCUT2D eigenvalue weighted by atomic mass is 9.91. The molecule has 0 amide bonds. The minimum Gasteiger partial charge on any atom is -0.371 e. The third-order valence-corrected chi connectivity index (χ3v) is 3.59. The van der Waals surface area contributed by atoms with Crippen LogP contribution < -0.4 is 0 Å². The van der Waals surface area contributed by atoms with Crippen LogP contribution in [-0.2, 0) is 9.47 Å². The van der Waals surface area contributed by atoms with Gasteiger partial charge in [-0.05, 0) is 21.9 Å². The van der Waals surface area contributed by atoms with Crippen LogP contribution in [0.1, 0.15) is 17.2 Å². The van der Waals surface area contributed by atoms with E-state index < -0.39 is 0 Å². The molecule has 1 aliphatic heterocycles. The molecule has 18 heavy (non-hydrogen) atoms. The molecule has 1 aliphatic carbocycles. The molecule has 2 aliphatic rings. The predicted molar refractivity (Wildman–Crippen MR) is 71.4 cm³/mol. The first kappa shape index (κ1) is 10.3. The Kier molecular flexibility index (Phi) is 2.25. The quantitative estimate of drug-likeness (QED) is 0.765. The Morgan fingerprint density at radius 1 is 1.17 bits per heavy atom. The van der Waals surface area contributed by atoms with Gasteiger partial charge >= 0.3 is 0 Å². The summed E-state index contributed by atoms with van der Waals surface area (Å²) < 4.78 is 11.1. The molecule has 0 saturated carbocycles. The van der Waals surface area contributed by atoms with E-state index in [-0.39, 0.29) is 6.10 Å². The van der Waals surface area contributed by atoms with E-state index in [1.165, 1.54) is 21.9 Å². The van der Waals surface area contributed by atoms with Crippen LogP contribution in [0.3, 0.4) is 0 Å². The van der Waals surface area contributed by atoms with Crippen molar-refractivity contribution in [3.05, 3.63) is 53.6 Å². The molecule has 2 aromatic carbocycles. The molecule has 2 nitrogen and oxygen atoms in total. The molecule has 0 N–H and O–H groups in total. The molecule has 0 spiro atoms. The van der Waals surface area contributed by atoms with Crippen LogP contribution >= 0.6 is 0 Å². The lowest BCUT2D eigenvalue weighted by molar-refractivity contribution is 0.0729. The van der Waals surface area contributed by atoms with Crippen molar-refractivity contribution in [1.82, 2.24) is 0 Å². The van der Waals surface area contributed by atoms with E-state index in [0.29, 0.717) is 12.7 Å². The molecule has 2 heteroatoms. The number of rotatable bonds is 3. The van der Waals surface area contributed by atoms with Gasteiger partial charge in [0, 0.05) is 0 Å². The first-order chi connectivity index (χ1) is 8.92. The number of benzene rings is 2. The van der Waals surface area contributed by atoms with E-state index in [4.69, 9.17) is 9.47 Å². The van der Waals surface area contributed by atoms with Crippen molar-refractivity contribution in [3.63, 3.8) is 0 Å². The molecule has 1 heterocycles. The SMILES string of the molecule is C1=CC(OCC2CO2)c2cccc3cccc1c23. The maximum Gasteiger partial charge on any atom is 0.104 e. The molecular weight excluding hydrogens is 224 g/mol. The largest absolute Gasteiger partial charge is 0.371 e. The summed E-state index contributed by atoms with van der Waals surface area (Å²) in [5.74, 6) is 0. The van der Waals surface area contributed by atoms with Gasteiger partial charge in [-0.2, -0.15) is 0 Å². The first-order valence-corrected chi connectivity index (χ1v) is 6.35. The Hall–Kier alpha value is -1.64. The summed E-state index contributed by atoms with van der Waals surface area (Å²) >= 11 is 0. The van der Waals surface area contributed by atoms with Crippen molar-refractivity contribution >= 4 is 16.8 Å². The van der Waals surface area contributed by atoms with Gasteiger partial charge in [-0.25, -0.2) is 0 Å². The van der Waals surface area contributed by atoms with Gasteiger partial charge < -0.3 is 9.47 Å². The van der Waals surface area contributed by atoms with Crippen molar-refractivity contribution in [2.45, 2.75) is 12.2 Å². The second kappa shape index (κ2) is 3.94. The van der Waals surface area contributed by atoms with Gasteiger partial charge in [-0.1, -0.05) is 48.6 Å². The molecule has 1 saturated heterocycles. The highest BCUT2D eigenvalue weighted by Gasteiger charge is 2.25. The molecule has 0 radical (unpaired) electrons. The Bertz CT molecular complexity index is 621. The summed E-state index contributed by atoms with van der Waals surface area (Å²) in [6, 6.07) is 12.8. The van der Waals surface area contributed by atoms with Crippen LogP contribution in [0.4, 0.5) is 0 Å². The van der Waals surface area contributed by atoms with Gasteiger partial charge in [-0.15, -0.1) is 0 Å². The van der Waals surface area contributed by atoms with Gasteiger partial charge in [0.15, 0.2) is 0 Å². The highest BCUT2D eigenvalue weighted by atomic mass is 16.6.